The summed E-state index contributed by atoms with van der Waals surface area (Å²) in [7, 11) is -4.02. The van der Waals surface area contributed by atoms with Crippen LogP contribution >= 0.6 is 11.3 Å². The zero-order valence-electron chi connectivity index (χ0n) is 18.9. The van der Waals surface area contributed by atoms with Gasteiger partial charge in [0.1, 0.15) is 0 Å². The van der Waals surface area contributed by atoms with Crippen molar-refractivity contribution in [1.29, 1.82) is 0 Å². The number of nitrogens with zero attached hydrogens (tertiary/aromatic N) is 2. The van der Waals surface area contributed by atoms with Crippen LogP contribution in [0.25, 0.3) is 0 Å². The van der Waals surface area contributed by atoms with Gasteiger partial charge in [0.25, 0.3) is 15.9 Å². The molecule has 0 aliphatic carbocycles. The molecule has 0 aliphatic rings. The lowest BCUT2D eigenvalue weighted by molar-refractivity contribution is 0.102. The van der Waals surface area contributed by atoms with Gasteiger partial charge in [-0.15, -0.1) is 10.2 Å². The molecule has 1 aromatic heterocycles. The van der Waals surface area contributed by atoms with Crippen molar-refractivity contribution in [2.75, 3.05) is 5.32 Å². The monoisotopic (exact) mass is 492 g/mol. The second-order valence-corrected chi connectivity index (χ2v) is 10.9. The number of aromatic nitrogens is 2. The van der Waals surface area contributed by atoms with Gasteiger partial charge in [0, 0.05) is 5.56 Å². The average molecular weight is 493 g/mol. The molecule has 174 valence electrons. The van der Waals surface area contributed by atoms with E-state index in [1.54, 1.807) is 12.1 Å². The Hall–Kier alpha value is -3.40. The van der Waals surface area contributed by atoms with Crippen LogP contribution in [0.15, 0.2) is 77.1 Å². The quantitative estimate of drug-likeness (QED) is 0.362. The van der Waals surface area contributed by atoms with E-state index in [1.807, 2.05) is 81.4 Å². The van der Waals surface area contributed by atoms with Crippen molar-refractivity contribution in [1.82, 2.24) is 14.9 Å². The third-order valence-electron chi connectivity index (χ3n) is 5.31. The lowest BCUT2D eigenvalue weighted by atomic mass is 9.95. The molecule has 3 aromatic carbocycles. The third kappa shape index (κ3) is 5.39. The third-order valence-corrected chi connectivity index (χ3v) is 7.94. The summed E-state index contributed by atoms with van der Waals surface area (Å²) in [5.41, 5.74) is 5.19. The number of hydrogen-bond donors (Lipinski definition) is 2. The van der Waals surface area contributed by atoms with Gasteiger partial charge in [-0.25, -0.2) is 8.42 Å². The van der Waals surface area contributed by atoms with Gasteiger partial charge in [0.05, 0.1) is 6.04 Å². The van der Waals surface area contributed by atoms with Crippen LogP contribution in [-0.4, -0.2) is 24.5 Å². The molecule has 0 unspecified atom stereocenters. The molecule has 0 aliphatic heterocycles. The molecule has 0 saturated carbocycles. The van der Waals surface area contributed by atoms with E-state index in [-0.39, 0.29) is 15.4 Å². The minimum absolute atomic E-state index is 0.105. The first kappa shape index (κ1) is 23.7. The Morgan fingerprint density at radius 1 is 0.882 bits per heavy atom. The maximum Gasteiger partial charge on any atom is 0.270 e. The summed E-state index contributed by atoms with van der Waals surface area (Å²) in [6.45, 7) is 5.87. The van der Waals surface area contributed by atoms with Crippen LogP contribution in [-0.2, 0) is 10.0 Å². The maximum absolute atomic E-state index is 13.3. The zero-order valence-corrected chi connectivity index (χ0v) is 20.6. The highest BCUT2D eigenvalue weighted by Crippen LogP contribution is 2.29. The first-order valence-electron chi connectivity index (χ1n) is 10.6. The van der Waals surface area contributed by atoms with Crippen LogP contribution in [0.2, 0.25) is 0 Å². The number of aryl methyl sites for hydroxylation is 3. The van der Waals surface area contributed by atoms with Crippen LogP contribution in [0.5, 0.6) is 0 Å². The van der Waals surface area contributed by atoms with Crippen molar-refractivity contribution in [3.05, 3.63) is 106 Å². The molecule has 9 heteroatoms. The van der Waals surface area contributed by atoms with E-state index >= 15 is 0 Å². The topological polar surface area (TPSA) is 101 Å². The van der Waals surface area contributed by atoms with E-state index in [4.69, 9.17) is 0 Å². The van der Waals surface area contributed by atoms with Gasteiger partial charge in [0.15, 0.2) is 0 Å². The highest BCUT2D eigenvalue weighted by Gasteiger charge is 2.27. The van der Waals surface area contributed by atoms with Gasteiger partial charge in [-0.3, -0.25) is 10.1 Å². The van der Waals surface area contributed by atoms with Gasteiger partial charge in [-0.2, -0.15) is 4.72 Å². The van der Waals surface area contributed by atoms with Crippen LogP contribution in [0.3, 0.4) is 0 Å². The molecule has 1 amide bonds. The number of anilines is 1. The molecule has 34 heavy (non-hydrogen) atoms. The van der Waals surface area contributed by atoms with Crippen molar-refractivity contribution < 1.29 is 13.2 Å². The van der Waals surface area contributed by atoms with Crippen molar-refractivity contribution >= 4 is 32.4 Å². The average Bonchev–Trinajstić information content (AvgIpc) is 3.28. The second-order valence-electron chi connectivity index (χ2n) is 8.02. The Labute approximate surface area is 202 Å². The fourth-order valence-electron chi connectivity index (χ4n) is 3.55. The molecule has 1 heterocycles. The zero-order chi connectivity index (χ0) is 24.3. The molecule has 0 radical (unpaired) electrons. The lowest BCUT2D eigenvalue weighted by Crippen LogP contribution is -2.30. The minimum atomic E-state index is -4.02. The molecule has 0 bridgehead atoms. The molecule has 7 nitrogen and oxygen atoms in total. The Morgan fingerprint density at radius 3 is 2.24 bits per heavy atom. The number of benzene rings is 3. The SMILES string of the molecule is Cc1ccc(C(=O)Nc2nnc(S(=O)(=O)N[C@@H](c3ccccc3)c3ccc(C)cc3C)s2)cc1. The smallest absolute Gasteiger partial charge is 0.270 e. The lowest BCUT2D eigenvalue weighted by Gasteiger charge is -2.21. The second kappa shape index (κ2) is 9.84. The summed E-state index contributed by atoms with van der Waals surface area (Å²) in [4.78, 5) is 12.5. The minimum Gasteiger partial charge on any atom is -0.296 e. The largest absolute Gasteiger partial charge is 0.296 e. The van der Waals surface area contributed by atoms with E-state index in [1.165, 1.54) is 0 Å². The highest BCUT2D eigenvalue weighted by molar-refractivity contribution is 7.91. The molecule has 4 rings (SSSR count). The van der Waals surface area contributed by atoms with Crippen molar-refractivity contribution in [2.24, 2.45) is 0 Å². The summed E-state index contributed by atoms with van der Waals surface area (Å²) in [6, 6.07) is 21.7. The van der Waals surface area contributed by atoms with Gasteiger partial charge >= 0.3 is 0 Å². The van der Waals surface area contributed by atoms with Crippen LogP contribution in [0.1, 0.15) is 44.2 Å². The van der Waals surface area contributed by atoms with Crippen LogP contribution in [0.4, 0.5) is 5.13 Å². The van der Waals surface area contributed by atoms with Crippen molar-refractivity contribution in [3.8, 4) is 0 Å². The van der Waals surface area contributed by atoms with Crippen molar-refractivity contribution in [2.45, 2.75) is 31.2 Å². The Morgan fingerprint density at radius 2 is 1.56 bits per heavy atom. The van der Waals surface area contributed by atoms with E-state index in [0.29, 0.717) is 5.56 Å². The number of hydrogen-bond acceptors (Lipinski definition) is 6. The summed E-state index contributed by atoms with van der Waals surface area (Å²) in [6.07, 6.45) is 0. The van der Waals surface area contributed by atoms with Crippen molar-refractivity contribution in [3.63, 3.8) is 0 Å². The fraction of sp³-hybridized carbons (Fsp3) is 0.160. The molecule has 0 spiro atoms. The first-order valence-corrected chi connectivity index (χ1v) is 12.9. The van der Waals surface area contributed by atoms with Gasteiger partial charge in [0.2, 0.25) is 9.47 Å². The summed E-state index contributed by atoms with van der Waals surface area (Å²) < 4.78 is 29.1. The molecule has 0 fully saturated rings. The normalized spacial score (nSPS) is 12.3. The molecule has 2 N–H and O–H groups in total. The van der Waals surface area contributed by atoms with Gasteiger partial charge < -0.3 is 0 Å². The first-order chi connectivity index (χ1) is 16.2. The molecular formula is C25H24N4O3S2. The molecule has 4 aromatic rings. The van der Waals surface area contributed by atoms with Gasteiger partial charge in [-0.1, -0.05) is 83.1 Å². The summed E-state index contributed by atoms with van der Waals surface area (Å²) in [5.74, 6) is -0.384. The van der Waals surface area contributed by atoms with E-state index < -0.39 is 16.1 Å². The van der Waals surface area contributed by atoms with Crippen LogP contribution in [0, 0.1) is 20.8 Å². The molecule has 0 saturated heterocycles. The Bertz CT molecular complexity index is 1420. The predicted molar refractivity (Wildman–Crippen MR) is 134 cm³/mol. The summed E-state index contributed by atoms with van der Waals surface area (Å²) in [5, 5.41) is 10.4. The maximum atomic E-state index is 13.3. The van der Waals surface area contributed by atoms with Crippen LogP contribution < -0.4 is 10.0 Å². The Kier molecular flexibility index (Phi) is 6.87. The fourth-order valence-corrected chi connectivity index (χ4v) is 5.67. The van der Waals surface area contributed by atoms with E-state index in [0.717, 1.165) is 39.2 Å². The number of sulfonamides is 1. The van der Waals surface area contributed by atoms with Gasteiger partial charge in [-0.05, 0) is 49.6 Å². The summed E-state index contributed by atoms with van der Waals surface area (Å²) >= 11 is 0.800. The van der Waals surface area contributed by atoms with E-state index in [2.05, 4.69) is 20.2 Å². The number of rotatable bonds is 7. The predicted octanol–water partition coefficient (Wildman–Crippen LogP) is 4.78. The number of nitrogens with one attached hydrogen (secondary N) is 2. The number of amides is 1. The molecular weight excluding hydrogens is 468 g/mol. The van der Waals surface area contributed by atoms with E-state index in [9.17, 15) is 13.2 Å². The molecule has 1 atom stereocenters. The number of carbonyl (C=O) groups is 1. The number of carbonyl (C=O) groups excluding carboxylic acids is 1. The Balaban J connectivity index is 1.59. The standard InChI is InChI=1S/C25H24N4O3S2/c1-16-9-12-20(13-10-16)23(30)26-24-27-28-25(33-24)34(31,32)29-22(19-7-5-4-6-8-19)21-14-11-17(2)15-18(21)3/h4-15,22,29H,1-3H3,(H,26,27,30)/t22-/m0/s1. The highest BCUT2D eigenvalue weighted by atomic mass is 32.2.